The number of nitrogens with zero attached hydrogens (tertiary/aromatic N) is 2. The molecule has 0 bridgehead atoms. The lowest BCUT2D eigenvalue weighted by Gasteiger charge is -2.22. The van der Waals surface area contributed by atoms with Crippen molar-refractivity contribution < 1.29 is 19.1 Å². The summed E-state index contributed by atoms with van der Waals surface area (Å²) in [5.74, 6) is 0. The largest absolute Gasteiger partial charge is 0.444 e. The molecule has 0 saturated heterocycles. The molecule has 27 heavy (non-hydrogen) atoms. The maximum absolute atomic E-state index is 12.2. The molecule has 1 amide bonds. The van der Waals surface area contributed by atoms with Crippen LogP contribution in [0.2, 0.25) is 25.7 Å². The van der Waals surface area contributed by atoms with Crippen LogP contribution in [-0.4, -0.2) is 47.8 Å². The zero-order valence-corrected chi connectivity index (χ0v) is 17.8. The third-order valence-electron chi connectivity index (χ3n) is 3.63. The quantitative estimate of drug-likeness (QED) is 0.547. The van der Waals surface area contributed by atoms with E-state index in [-0.39, 0.29) is 0 Å². The van der Waals surface area contributed by atoms with E-state index in [1.165, 1.54) is 0 Å². The monoisotopic (exact) mass is 392 g/mol. The molecule has 0 spiro atoms. The second-order valence-electron chi connectivity index (χ2n) is 8.59. The second kappa shape index (κ2) is 8.18. The Morgan fingerprint density at radius 3 is 2.67 bits per heavy atom. The number of carbonyl (C=O) groups excluding carboxylic acids is 2. The van der Waals surface area contributed by atoms with E-state index >= 15 is 0 Å². The van der Waals surface area contributed by atoms with Gasteiger partial charge in [0.15, 0.2) is 12.4 Å². The molecule has 0 aliphatic heterocycles. The summed E-state index contributed by atoms with van der Waals surface area (Å²) in [5, 5.41) is 9.42. The lowest BCUT2D eigenvalue weighted by molar-refractivity contribution is -0.118. The molecule has 0 aliphatic carbocycles. The zero-order valence-electron chi connectivity index (χ0n) is 16.8. The molecule has 0 fully saturated rings. The number of aldehydes is 1. The van der Waals surface area contributed by atoms with Crippen LogP contribution in [0.5, 0.6) is 0 Å². The van der Waals surface area contributed by atoms with Crippen molar-refractivity contribution in [2.45, 2.75) is 58.2 Å². The first-order valence-corrected chi connectivity index (χ1v) is 12.6. The van der Waals surface area contributed by atoms with Gasteiger partial charge in [0.2, 0.25) is 0 Å². The number of fused-ring (bicyclic) bond motifs is 1. The number of rotatable bonds is 7. The number of anilines is 1. The molecule has 0 saturated carbocycles. The summed E-state index contributed by atoms with van der Waals surface area (Å²) in [7, 11) is -1.30. The summed E-state index contributed by atoms with van der Waals surface area (Å²) in [6, 6.07) is 2.59. The fourth-order valence-electron chi connectivity index (χ4n) is 2.30. The summed E-state index contributed by atoms with van der Waals surface area (Å²) in [6.07, 6.45) is 0.736. The first-order valence-electron chi connectivity index (χ1n) is 8.89. The third kappa shape index (κ3) is 6.44. The highest BCUT2D eigenvalue weighted by molar-refractivity contribution is 6.76. The molecule has 0 aromatic carbocycles. The molecule has 9 heteroatoms. The van der Waals surface area contributed by atoms with Crippen molar-refractivity contribution >= 4 is 37.2 Å². The van der Waals surface area contributed by atoms with Gasteiger partial charge in [0, 0.05) is 14.7 Å². The molecule has 2 aromatic rings. The number of hydrogen-bond acceptors (Lipinski definition) is 6. The molecule has 2 aromatic heterocycles. The van der Waals surface area contributed by atoms with E-state index in [1.807, 2.05) is 0 Å². The Hall–Kier alpha value is -2.26. The summed E-state index contributed by atoms with van der Waals surface area (Å²) < 4.78 is 11.1. The van der Waals surface area contributed by atoms with E-state index in [9.17, 15) is 9.59 Å². The summed E-state index contributed by atoms with van der Waals surface area (Å²) in [4.78, 5) is 28.3. The molecule has 0 radical (unpaired) electrons. The van der Waals surface area contributed by atoms with E-state index in [0.29, 0.717) is 35.3 Å². The molecule has 148 valence electrons. The molecule has 2 rings (SSSR count). The first kappa shape index (κ1) is 21.0. The minimum Gasteiger partial charge on any atom is -0.444 e. The average molecular weight is 393 g/mol. The predicted molar refractivity (Wildman–Crippen MR) is 107 cm³/mol. The summed E-state index contributed by atoms with van der Waals surface area (Å²) >= 11 is 0. The van der Waals surface area contributed by atoms with Crippen LogP contribution in [0.3, 0.4) is 0 Å². The molecule has 1 atom stereocenters. The Balaban J connectivity index is 2.28. The van der Waals surface area contributed by atoms with Crippen LogP contribution in [0.25, 0.3) is 11.0 Å². The van der Waals surface area contributed by atoms with E-state index in [4.69, 9.17) is 9.47 Å². The minimum atomic E-state index is -1.30. The zero-order chi connectivity index (χ0) is 20.2. The number of aromatic nitrogens is 3. The van der Waals surface area contributed by atoms with E-state index in [0.717, 1.165) is 6.04 Å². The van der Waals surface area contributed by atoms with Crippen LogP contribution >= 0.6 is 0 Å². The smallest absolute Gasteiger partial charge is 0.412 e. The highest BCUT2D eigenvalue weighted by Crippen LogP contribution is 2.27. The van der Waals surface area contributed by atoms with Crippen LogP contribution in [0.15, 0.2) is 12.3 Å². The molecule has 2 N–H and O–H groups in total. The van der Waals surface area contributed by atoms with Crippen molar-refractivity contribution in [3.63, 3.8) is 0 Å². The Labute approximate surface area is 160 Å². The number of nitrogens with one attached hydrogen (secondary N) is 2. The number of ether oxygens (including phenoxy) is 2. The van der Waals surface area contributed by atoms with Crippen molar-refractivity contribution in [2.24, 2.45) is 0 Å². The van der Waals surface area contributed by atoms with Crippen molar-refractivity contribution in [3.05, 3.63) is 18.0 Å². The van der Waals surface area contributed by atoms with Crippen LogP contribution in [0.4, 0.5) is 10.5 Å². The van der Waals surface area contributed by atoms with Gasteiger partial charge < -0.3 is 9.47 Å². The lowest BCUT2D eigenvalue weighted by atomic mass is 10.2. The van der Waals surface area contributed by atoms with Crippen molar-refractivity contribution in [1.82, 2.24) is 15.2 Å². The predicted octanol–water partition coefficient (Wildman–Crippen LogP) is 3.90. The molecule has 8 nitrogen and oxygen atoms in total. The number of pyridine rings is 1. The van der Waals surface area contributed by atoms with Gasteiger partial charge in [0.1, 0.15) is 16.8 Å². The van der Waals surface area contributed by atoms with Gasteiger partial charge in [-0.25, -0.2) is 9.78 Å². The van der Waals surface area contributed by atoms with E-state index in [1.54, 1.807) is 33.0 Å². The third-order valence-corrected chi connectivity index (χ3v) is 5.34. The van der Waals surface area contributed by atoms with Gasteiger partial charge in [0.25, 0.3) is 0 Å². The highest BCUT2D eigenvalue weighted by atomic mass is 28.3. The Morgan fingerprint density at radius 2 is 2.07 bits per heavy atom. The Morgan fingerprint density at radius 1 is 1.37 bits per heavy atom. The SMILES string of the molecule is CC(C)(C)OC(=O)Nc1cc2[nH]ncc2nc1C(C=O)OCC[Si](C)(C)C. The van der Waals surface area contributed by atoms with Crippen LogP contribution in [0.1, 0.15) is 32.6 Å². The van der Waals surface area contributed by atoms with E-state index < -0.39 is 25.9 Å². The summed E-state index contributed by atoms with van der Waals surface area (Å²) in [6.45, 7) is 12.5. The van der Waals surface area contributed by atoms with Gasteiger partial charge >= 0.3 is 6.09 Å². The van der Waals surface area contributed by atoms with Crippen molar-refractivity contribution in [1.29, 1.82) is 0 Å². The van der Waals surface area contributed by atoms with Crippen LogP contribution in [0, 0.1) is 0 Å². The van der Waals surface area contributed by atoms with E-state index in [2.05, 4.69) is 40.1 Å². The standard InChI is InChI=1S/C18H28N4O4Si/c1-18(2,3)26-17(24)21-13-9-12-14(10-19-22-12)20-16(13)15(11-23)25-7-8-27(4,5)6/h9-11,15H,7-8H2,1-6H3,(H,19,22)(H,21,24). The fraction of sp³-hybridized carbons (Fsp3) is 0.556. The second-order valence-corrected chi connectivity index (χ2v) is 14.2. The normalized spacial score (nSPS) is 13.4. The number of H-pyrrole nitrogens is 1. The maximum atomic E-state index is 12.2. The maximum Gasteiger partial charge on any atom is 0.412 e. The first-order chi connectivity index (χ1) is 12.5. The molecular weight excluding hydrogens is 364 g/mol. The molecular formula is C18H28N4O4Si. The molecule has 1 unspecified atom stereocenters. The van der Waals surface area contributed by atoms with Crippen LogP contribution < -0.4 is 5.32 Å². The van der Waals surface area contributed by atoms with Gasteiger partial charge in [-0.05, 0) is 32.9 Å². The number of amides is 1. The fourth-order valence-corrected chi connectivity index (χ4v) is 3.03. The number of aromatic amines is 1. The minimum absolute atomic E-state index is 0.334. The van der Waals surface area contributed by atoms with Gasteiger partial charge in [-0.2, -0.15) is 5.10 Å². The summed E-state index contributed by atoms with van der Waals surface area (Å²) in [5.41, 5.74) is 1.26. The van der Waals surface area contributed by atoms with Gasteiger partial charge in [-0.15, -0.1) is 0 Å². The molecule has 0 aliphatic rings. The number of hydrogen-bond donors (Lipinski definition) is 2. The Kier molecular flexibility index (Phi) is 6.37. The van der Waals surface area contributed by atoms with Gasteiger partial charge in [-0.3, -0.25) is 15.2 Å². The Bertz CT molecular complexity index is 808. The van der Waals surface area contributed by atoms with Crippen molar-refractivity contribution in [3.8, 4) is 0 Å². The molecule has 2 heterocycles. The topological polar surface area (TPSA) is 106 Å². The van der Waals surface area contributed by atoms with Crippen molar-refractivity contribution in [2.75, 3.05) is 11.9 Å². The average Bonchev–Trinajstić information content (AvgIpc) is 2.95. The lowest BCUT2D eigenvalue weighted by Crippen LogP contribution is -2.28. The van der Waals surface area contributed by atoms with Crippen LogP contribution in [-0.2, 0) is 14.3 Å². The number of carbonyl (C=O) groups is 2. The van der Waals surface area contributed by atoms with Gasteiger partial charge in [0.05, 0.1) is 17.4 Å². The highest BCUT2D eigenvalue weighted by Gasteiger charge is 2.23. The van der Waals surface area contributed by atoms with Gasteiger partial charge in [-0.1, -0.05) is 19.6 Å².